The van der Waals surface area contributed by atoms with Gasteiger partial charge in [0, 0.05) is 0 Å². The van der Waals surface area contributed by atoms with E-state index in [0.29, 0.717) is 25.7 Å². The molecular weight excluding hydrogens is 236 g/mol. The normalized spacial score (nSPS) is 25.6. The molecule has 0 amide bonds. The fourth-order valence-electron chi connectivity index (χ4n) is 2.82. The summed E-state index contributed by atoms with van der Waals surface area (Å²) in [6.45, 7) is 0. The van der Waals surface area contributed by atoms with Gasteiger partial charge in [-0.15, -0.1) is 0 Å². The van der Waals surface area contributed by atoms with E-state index in [-0.39, 0.29) is 0 Å². The highest BCUT2D eigenvalue weighted by atomic mass is 16.4. The van der Waals surface area contributed by atoms with Gasteiger partial charge < -0.3 is 10.2 Å². The Morgan fingerprint density at radius 3 is 1.22 bits per heavy atom. The minimum atomic E-state index is -1.18. The highest BCUT2D eigenvalue weighted by molar-refractivity contribution is 5.80. The van der Waals surface area contributed by atoms with Crippen LogP contribution in [0.15, 0.2) is 10.2 Å². The van der Waals surface area contributed by atoms with Crippen molar-refractivity contribution in [1.82, 2.24) is 0 Å². The first-order valence-corrected chi connectivity index (χ1v) is 6.42. The number of carbonyl (C=O) groups is 2. The molecule has 2 fully saturated rings. The Morgan fingerprint density at radius 1 is 0.722 bits per heavy atom. The third-order valence-electron chi connectivity index (χ3n) is 4.09. The molecule has 0 atom stereocenters. The molecule has 0 radical (unpaired) electrons. The molecule has 0 heterocycles. The molecular formula is C12H18N2O4. The van der Waals surface area contributed by atoms with Crippen LogP contribution in [0, 0.1) is 0 Å². The van der Waals surface area contributed by atoms with Crippen LogP contribution in [0.3, 0.4) is 0 Å². The summed E-state index contributed by atoms with van der Waals surface area (Å²) in [6.07, 6.45) is 5.08. The van der Waals surface area contributed by atoms with Gasteiger partial charge in [0.05, 0.1) is 0 Å². The first-order chi connectivity index (χ1) is 8.51. The number of aliphatic carboxylic acids is 2. The zero-order valence-corrected chi connectivity index (χ0v) is 10.3. The Labute approximate surface area is 105 Å². The van der Waals surface area contributed by atoms with E-state index in [1.807, 2.05) is 0 Å². The lowest BCUT2D eigenvalue weighted by Crippen LogP contribution is -2.37. The van der Waals surface area contributed by atoms with Crippen molar-refractivity contribution in [2.45, 2.75) is 62.4 Å². The van der Waals surface area contributed by atoms with Crippen LogP contribution < -0.4 is 0 Å². The average molecular weight is 254 g/mol. The molecule has 0 aromatic rings. The SMILES string of the molecule is O=C(O)C1(N=NC2(C(=O)O)CCCC2)CCCC1. The van der Waals surface area contributed by atoms with Crippen LogP contribution >= 0.6 is 0 Å². The molecule has 2 aliphatic rings. The monoisotopic (exact) mass is 254 g/mol. The average Bonchev–Trinajstić information content (AvgIpc) is 2.97. The Balaban J connectivity index is 2.22. The molecule has 6 nitrogen and oxygen atoms in total. The van der Waals surface area contributed by atoms with Gasteiger partial charge in [-0.25, -0.2) is 9.59 Å². The van der Waals surface area contributed by atoms with Gasteiger partial charge in [-0.1, -0.05) is 25.7 Å². The zero-order chi connectivity index (χ0) is 13.2. The summed E-state index contributed by atoms with van der Waals surface area (Å²) < 4.78 is 0. The molecule has 0 aromatic carbocycles. The summed E-state index contributed by atoms with van der Waals surface area (Å²) in [6, 6.07) is 0. The summed E-state index contributed by atoms with van der Waals surface area (Å²) >= 11 is 0. The van der Waals surface area contributed by atoms with E-state index in [2.05, 4.69) is 10.2 Å². The molecule has 0 saturated heterocycles. The number of carboxylic acids is 2. The number of rotatable bonds is 4. The highest BCUT2D eigenvalue weighted by Crippen LogP contribution is 2.38. The molecule has 0 bridgehead atoms. The molecule has 0 aromatic heterocycles. The second-order valence-corrected chi connectivity index (χ2v) is 5.29. The molecule has 2 aliphatic carbocycles. The first-order valence-electron chi connectivity index (χ1n) is 6.42. The summed E-state index contributed by atoms with van der Waals surface area (Å²) in [7, 11) is 0. The molecule has 2 rings (SSSR count). The lowest BCUT2D eigenvalue weighted by Gasteiger charge is -2.21. The van der Waals surface area contributed by atoms with Gasteiger partial charge in [0.1, 0.15) is 0 Å². The zero-order valence-electron chi connectivity index (χ0n) is 10.3. The number of carboxylic acid groups (broad SMARTS) is 2. The van der Waals surface area contributed by atoms with Gasteiger partial charge in [0.15, 0.2) is 11.1 Å². The number of nitrogens with zero attached hydrogens (tertiary/aromatic N) is 2. The van der Waals surface area contributed by atoms with E-state index in [0.717, 1.165) is 25.7 Å². The summed E-state index contributed by atoms with van der Waals surface area (Å²) in [5.74, 6) is -1.97. The third kappa shape index (κ3) is 2.11. The van der Waals surface area contributed by atoms with Gasteiger partial charge in [-0.05, 0) is 25.7 Å². The van der Waals surface area contributed by atoms with Gasteiger partial charge in [-0.3, -0.25) is 0 Å². The van der Waals surface area contributed by atoms with Crippen LogP contribution in [0.25, 0.3) is 0 Å². The fraction of sp³-hybridized carbons (Fsp3) is 0.833. The Bertz CT molecular complexity index is 344. The van der Waals surface area contributed by atoms with Crippen LogP contribution in [0.4, 0.5) is 0 Å². The molecule has 6 heteroatoms. The van der Waals surface area contributed by atoms with Gasteiger partial charge in [-0.2, -0.15) is 10.2 Å². The smallest absolute Gasteiger partial charge is 0.333 e. The standard InChI is InChI=1S/C12H18N2O4/c15-9(16)11(5-1-2-6-11)13-14-12(10(17)18)7-3-4-8-12/h1-8H2,(H,15,16)(H,17,18). The van der Waals surface area contributed by atoms with Crippen LogP contribution in [0.2, 0.25) is 0 Å². The van der Waals surface area contributed by atoms with Crippen LogP contribution in [0.5, 0.6) is 0 Å². The van der Waals surface area contributed by atoms with Crippen molar-refractivity contribution in [3.05, 3.63) is 0 Å². The van der Waals surface area contributed by atoms with E-state index in [9.17, 15) is 19.8 Å². The van der Waals surface area contributed by atoms with Crippen LogP contribution in [0.1, 0.15) is 51.4 Å². The Morgan fingerprint density at radius 2 is 1.00 bits per heavy atom. The lowest BCUT2D eigenvalue weighted by atomic mass is 9.98. The van der Waals surface area contributed by atoms with E-state index >= 15 is 0 Å². The molecule has 18 heavy (non-hydrogen) atoms. The van der Waals surface area contributed by atoms with Crippen molar-refractivity contribution >= 4 is 11.9 Å². The van der Waals surface area contributed by atoms with Crippen LogP contribution in [-0.2, 0) is 9.59 Å². The van der Waals surface area contributed by atoms with E-state index in [4.69, 9.17) is 0 Å². The highest BCUT2D eigenvalue weighted by Gasteiger charge is 2.46. The van der Waals surface area contributed by atoms with Crippen LogP contribution in [-0.4, -0.2) is 33.2 Å². The number of azo groups is 1. The Hall–Kier alpha value is -1.46. The quantitative estimate of drug-likeness (QED) is 0.751. The maximum Gasteiger partial charge on any atom is 0.333 e. The third-order valence-corrected chi connectivity index (χ3v) is 4.09. The van der Waals surface area contributed by atoms with Crippen molar-refractivity contribution in [1.29, 1.82) is 0 Å². The molecule has 0 aliphatic heterocycles. The van der Waals surface area contributed by atoms with E-state index < -0.39 is 23.0 Å². The molecule has 2 N–H and O–H groups in total. The minimum Gasteiger partial charge on any atom is -0.479 e. The molecule has 0 unspecified atom stereocenters. The minimum absolute atomic E-state index is 0.460. The van der Waals surface area contributed by atoms with Crippen molar-refractivity contribution in [2.24, 2.45) is 10.2 Å². The maximum absolute atomic E-state index is 11.3. The first kappa shape index (κ1) is 13.0. The predicted octanol–water partition coefficient (Wildman–Crippen LogP) is 2.23. The van der Waals surface area contributed by atoms with Gasteiger partial charge >= 0.3 is 11.9 Å². The van der Waals surface area contributed by atoms with Gasteiger partial charge in [0.2, 0.25) is 0 Å². The topological polar surface area (TPSA) is 99.3 Å². The van der Waals surface area contributed by atoms with Gasteiger partial charge in [0.25, 0.3) is 0 Å². The van der Waals surface area contributed by atoms with Crippen molar-refractivity contribution in [3.8, 4) is 0 Å². The lowest BCUT2D eigenvalue weighted by molar-refractivity contribution is -0.145. The van der Waals surface area contributed by atoms with E-state index in [1.165, 1.54) is 0 Å². The Kier molecular flexibility index (Phi) is 3.36. The second kappa shape index (κ2) is 4.66. The van der Waals surface area contributed by atoms with E-state index in [1.54, 1.807) is 0 Å². The van der Waals surface area contributed by atoms with Crippen molar-refractivity contribution < 1.29 is 19.8 Å². The van der Waals surface area contributed by atoms with Crippen molar-refractivity contribution in [3.63, 3.8) is 0 Å². The maximum atomic E-state index is 11.3. The molecule has 0 spiro atoms. The summed E-state index contributed by atoms with van der Waals surface area (Å²) in [5, 5.41) is 26.5. The second-order valence-electron chi connectivity index (χ2n) is 5.29. The molecule has 2 saturated carbocycles. The number of hydrogen-bond donors (Lipinski definition) is 2. The summed E-state index contributed by atoms with van der Waals surface area (Å²) in [5.41, 5.74) is -2.35. The predicted molar refractivity (Wildman–Crippen MR) is 62.5 cm³/mol. The number of hydrogen-bond acceptors (Lipinski definition) is 4. The largest absolute Gasteiger partial charge is 0.479 e. The molecule has 100 valence electrons. The summed E-state index contributed by atoms with van der Waals surface area (Å²) in [4.78, 5) is 22.6. The van der Waals surface area contributed by atoms with Crippen molar-refractivity contribution in [2.75, 3.05) is 0 Å². The fourth-order valence-corrected chi connectivity index (χ4v) is 2.82.